The first kappa shape index (κ1) is 20.1. The first-order chi connectivity index (χ1) is 15.4. The zero-order valence-corrected chi connectivity index (χ0v) is 16.6. The molecule has 160 valence electrons. The highest BCUT2D eigenvalue weighted by Crippen LogP contribution is 2.34. The largest absolute Gasteiger partial charge is 0.416 e. The summed E-state index contributed by atoms with van der Waals surface area (Å²) in [6, 6.07) is 12.1. The fourth-order valence-corrected chi connectivity index (χ4v) is 3.68. The quantitative estimate of drug-likeness (QED) is 0.272. The predicted molar refractivity (Wildman–Crippen MR) is 105 cm³/mol. The molecule has 0 bridgehead atoms. The summed E-state index contributed by atoms with van der Waals surface area (Å²) in [4.78, 5) is 8.49. The van der Waals surface area contributed by atoms with Crippen LogP contribution in [0.5, 0.6) is 0 Å². The van der Waals surface area contributed by atoms with Crippen molar-refractivity contribution in [2.45, 2.75) is 16.4 Å². The van der Waals surface area contributed by atoms with Gasteiger partial charge >= 0.3 is 6.18 Å². The van der Waals surface area contributed by atoms with Crippen LogP contribution in [0, 0.1) is 5.82 Å². The molecular formula is C20H10F4N6OS. The highest BCUT2D eigenvalue weighted by atomic mass is 32.2. The number of rotatable bonds is 4. The van der Waals surface area contributed by atoms with Crippen LogP contribution >= 0.6 is 11.8 Å². The van der Waals surface area contributed by atoms with Crippen LogP contribution < -0.4 is 0 Å². The van der Waals surface area contributed by atoms with Gasteiger partial charge in [0.2, 0.25) is 5.89 Å². The Balaban J connectivity index is 1.49. The van der Waals surface area contributed by atoms with E-state index in [4.69, 9.17) is 4.42 Å². The van der Waals surface area contributed by atoms with E-state index < -0.39 is 11.7 Å². The standard InChI is InChI=1S/C20H10F4N6OS/c21-14-6-4-11(5-7-14)15-9-16(30-18(27-15)25-10-26-30)32-19-29-28-17(31-19)12-2-1-3-13(8-12)20(22,23)24/h1-10H. The fourth-order valence-electron chi connectivity index (χ4n) is 2.91. The van der Waals surface area contributed by atoms with Crippen molar-refractivity contribution < 1.29 is 22.0 Å². The zero-order valence-electron chi connectivity index (χ0n) is 15.8. The molecule has 0 amide bonds. The Morgan fingerprint density at radius 2 is 1.75 bits per heavy atom. The number of hydrogen-bond donors (Lipinski definition) is 0. The zero-order chi connectivity index (χ0) is 22.3. The smallest absolute Gasteiger partial charge is 0.411 e. The van der Waals surface area contributed by atoms with Gasteiger partial charge in [-0.15, -0.1) is 10.2 Å². The summed E-state index contributed by atoms with van der Waals surface area (Å²) in [6.07, 6.45) is -3.16. The Kier molecular flexibility index (Phi) is 4.85. The third-order valence-electron chi connectivity index (χ3n) is 4.39. The van der Waals surface area contributed by atoms with Crippen molar-refractivity contribution in [3.8, 4) is 22.7 Å². The minimum Gasteiger partial charge on any atom is -0.411 e. The van der Waals surface area contributed by atoms with Gasteiger partial charge in [0, 0.05) is 11.1 Å². The lowest BCUT2D eigenvalue weighted by Crippen LogP contribution is -2.04. The van der Waals surface area contributed by atoms with Crippen LogP contribution in [0.25, 0.3) is 28.5 Å². The summed E-state index contributed by atoms with van der Waals surface area (Å²) in [5.41, 5.74) is 0.510. The van der Waals surface area contributed by atoms with Crippen LogP contribution in [0.15, 0.2) is 75.6 Å². The maximum atomic E-state index is 13.3. The number of alkyl halides is 3. The van der Waals surface area contributed by atoms with E-state index >= 15 is 0 Å². The van der Waals surface area contributed by atoms with Gasteiger partial charge < -0.3 is 4.42 Å². The minimum absolute atomic E-state index is 0.0544. The Labute approximate surface area is 181 Å². The maximum Gasteiger partial charge on any atom is 0.416 e. The number of nitrogens with zero attached hydrogens (tertiary/aromatic N) is 6. The van der Waals surface area contributed by atoms with Crippen LogP contribution in [-0.2, 0) is 6.18 Å². The van der Waals surface area contributed by atoms with Gasteiger partial charge in [-0.2, -0.15) is 27.8 Å². The Morgan fingerprint density at radius 3 is 2.53 bits per heavy atom. The normalized spacial score (nSPS) is 11.9. The molecule has 0 aliphatic rings. The molecule has 0 saturated heterocycles. The third kappa shape index (κ3) is 3.91. The van der Waals surface area contributed by atoms with E-state index in [2.05, 4.69) is 25.3 Å². The van der Waals surface area contributed by atoms with Gasteiger partial charge in [0.05, 0.1) is 11.3 Å². The van der Waals surface area contributed by atoms with Gasteiger partial charge in [-0.25, -0.2) is 9.37 Å². The molecular weight excluding hydrogens is 448 g/mol. The molecule has 0 aliphatic carbocycles. The molecule has 0 radical (unpaired) electrons. The van der Waals surface area contributed by atoms with Crippen molar-refractivity contribution >= 4 is 17.5 Å². The molecule has 5 aromatic rings. The number of hydrogen-bond acceptors (Lipinski definition) is 7. The average molecular weight is 458 g/mol. The summed E-state index contributed by atoms with van der Waals surface area (Å²) in [5, 5.41) is 12.5. The predicted octanol–water partition coefficient (Wildman–Crippen LogP) is 5.15. The minimum atomic E-state index is -4.49. The van der Waals surface area contributed by atoms with Crippen LogP contribution in [0.1, 0.15) is 5.56 Å². The molecule has 7 nitrogen and oxygen atoms in total. The molecule has 0 aliphatic heterocycles. The second-order valence-corrected chi connectivity index (χ2v) is 7.48. The molecule has 3 heterocycles. The van der Waals surface area contributed by atoms with Gasteiger partial charge in [0.1, 0.15) is 17.2 Å². The Hall–Kier alpha value is -3.80. The number of fused-ring (bicyclic) bond motifs is 1. The molecule has 12 heteroatoms. The summed E-state index contributed by atoms with van der Waals surface area (Å²) in [5.74, 6) is -0.131. The van der Waals surface area contributed by atoms with E-state index in [1.807, 2.05) is 0 Å². The van der Waals surface area contributed by atoms with Gasteiger partial charge in [0.25, 0.3) is 11.0 Å². The molecule has 5 rings (SSSR count). The molecule has 0 fully saturated rings. The van der Waals surface area contributed by atoms with Crippen molar-refractivity contribution in [3.05, 3.63) is 72.3 Å². The highest BCUT2D eigenvalue weighted by Gasteiger charge is 2.31. The summed E-state index contributed by atoms with van der Waals surface area (Å²) < 4.78 is 59.2. The monoisotopic (exact) mass is 458 g/mol. The first-order valence-electron chi connectivity index (χ1n) is 9.02. The van der Waals surface area contributed by atoms with E-state index in [1.54, 1.807) is 18.2 Å². The fraction of sp³-hybridized carbons (Fsp3) is 0.0500. The number of halogens is 4. The summed E-state index contributed by atoms with van der Waals surface area (Å²) >= 11 is 1.04. The molecule has 0 unspecified atom stereocenters. The van der Waals surface area contributed by atoms with Crippen LogP contribution in [0.4, 0.5) is 17.6 Å². The lowest BCUT2D eigenvalue weighted by Gasteiger charge is -2.06. The van der Waals surface area contributed by atoms with Crippen molar-refractivity contribution in [2.24, 2.45) is 0 Å². The van der Waals surface area contributed by atoms with E-state index in [-0.39, 0.29) is 22.5 Å². The van der Waals surface area contributed by atoms with Crippen LogP contribution in [0.3, 0.4) is 0 Å². The second-order valence-electron chi connectivity index (χ2n) is 6.51. The highest BCUT2D eigenvalue weighted by molar-refractivity contribution is 7.99. The Bertz CT molecular complexity index is 1410. The van der Waals surface area contributed by atoms with Crippen molar-refractivity contribution in [1.82, 2.24) is 29.8 Å². The van der Waals surface area contributed by atoms with E-state index in [9.17, 15) is 17.6 Å². The molecule has 0 spiro atoms. The molecule has 32 heavy (non-hydrogen) atoms. The summed E-state index contributed by atoms with van der Waals surface area (Å²) in [7, 11) is 0. The lowest BCUT2D eigenvalue weighted by molar-refractivity contribution is -0.137. The first-order valence-corrected chi connectivity index (χ1v) is 9.84. The van der Waals surface area contributed by atoms with E-state index in [0.29, 0.717) is 22.1 Å². The number of aromatic nitrogens is 6. The molecule has 3 aromatic heterocycles. The van der Waals surface area contributed by atoms with Gasteiger partial charge in [0.15, 0.2) is 0 Å². The Morgan fingerprint density at radius 1 is 0.938 bits per heavy atom. The van der Waals surface area contributed by atoms with Crippen LogP contribution in [-0.4, -0.2) is 29.8 Å². The topological polar surface area (TPSA) is 82.0 Å². The van der Waals surface area contributed by atoms with Crippen molar-refractivity contribution in [2.75, 3.05) is 0 Å². The second kappa shape index (κ2) is 7.71. The number of benzene rings is 2. The van der Waals surface area contributed by atoms with Crippen molar-refractivity contribution in [3.63, 3.8) is 0 Å². The lowest BCUT2D eigenvalue weighted by atomic mass is 10.1. The molecule has 0 N–H and O–H groups in total. The summed E-state index contributed by atoms with van der Waals surface area (Å²) in [6.45, 7) is 0. The van der Waals surface area contributed by atoms with E-state index in [1.165, 1.54) is 35.1 Å². The van der Waals surface area contributed by atoms with Gasteiger partial charge in [-0.1, -0.05) is 6.07 Å². The van der Waals surface area contributed by atoms with Crippen molar-refractivity contribution in [1.29, 1.82) is 0 Å². The average Bonchev–Trinajstić information content (AvgIpc) is 3.43. The van der Waals surface area contributed by atoms with Gasteiger partial charge in [-0.05, 0) is 60.3 Å². The SMILES string of the molecule is Fc1ccc(-c2cc(Sc3nnc(-c4cccc(C(F)(F)F)c4)o3)n3ncnc3n2)cc1. The third-order valence-corrected chi connectivity index (χ3v) is 5.23. The van der Waals surface area contributed by atoms with Gasteiger partial charge in [-0.3, -0.25) is 0 Å². The van der Waals surface area contributed by atoms with E-state index in [0.717, 1.165) is 23.9 Å². The molecule has 2 aromatic carbocycles. The molecule has 0 atom stereocenters. The molecule has 0 saturated carbocycles. The maximum absolute atomic E-state index is 13.3. The van der Waals surface area contributed by atoms with Crippen LogP contribution in [0.2, 0.25) is 0 Å².